The van der Waals surface area contributed by atoms with Gasteiger partial charge in [-0.2, -0.15) is 0 Å². The van der Waals surface area contributed by atoms with Crippen molar-refractivity contribution in [1.82, 2.24) is 5.32 Å². The molecule has 0 aliphatic carbocycles. The fourth-order valence-corrected chi connectivity index (χ4v) is 1.47. The third-order valence-corrected chi connectivity index (χ3v) is 2.06. The first-order valence-corrected chi connectivity index (χ1v) is 4.28. The molecule has 1 saturated heterocycles. The molecule has 1 aliphatic rings. The van der Waals surface area contributed by atoms with Crippen molar-refractivity contribution in [3.63, 3.8) is 0 Å². The molecule has 1 unspecified atom stereocenters. The van der Waals surface area contributed by atoms with Gasteiger partial charge in [-0.25, -0.2) is 0 Å². The van der Waals surface area contributed by atoms with Crippen molar-refractivity contribution in [2.24, 2.45) is 0 Å². The highest BCUT2D eigenvalue weighted by molar-refractivity contribution is 5.24. The predicted octanol–water partition coefficient (Wildman–Crippen LogP) is 1.61. The van der Waals surface area contributed by atoms with Crippen molar-refractivity contribution in [1.29, 1.82) is 0 Å². The summed E-state index contributed by atoms with van der Waals surface area (Å²) in [4.78, 5) is 0. The summed E-state index contributed by atoms with van der Waals surface area (Å²) in [6, 6.07) is 8.41. The van der Waals surface area contributed by atoms with E-state index in [1.54, 1.807) is 0 Å². The first-order chi connectivity index (χ1) is 5.86. The molecule has 1 fully saturated rings. The molecule has 1 atom stereocenters. The van der Waals surface area contributed by atoms with Crippen molar-refractivity contribution in [3.8, 4) is 0 Å². The molecule has 0 spiro atoms. The van der Waals surface area contributed by atoms with Crippen LogP contribution in [0.2, 0.25) is 0 Å². The Kier molecular flexibility index (Phi) is 2.11. The molecule has 0 aromatic heterocycles. The van der Waals surface area contributed by atoms with Gasteiger partial charge in [0.2, 0.25) is 0 Å². The van der Waals surface area contributed by atoms with Crippen LogP contribution in [-0.2, 0) is 4.74 Å². The van der Waals surface area contributed by atoms with Crippen molar-refractivity contribution < 1.29 is 4.74 Å². The molecular formula is C10H13NO. The summed E-state index contributed by atoms with van der Waals surface area (Å²) in [5.41, 5.74) is 2.51. The van der Waals surface area contributed by atoms with Crippen LogP contribution in [0.1, 0.15) is 17.4 Å². The summed E-state index contributed by atoms with van der Waals surface area (Å²) in [6.07, 6.45) is 0.116. The van der Waals surface area contributed by atoms with Gasteiger partial charge in [0, 0.05) is 6.54 Å². The van der Waals surface area contributed by atoms with Gasteiger partial charge in [-0.3, -0.25) is 5.32 Å². The molecule has 0 saturated carbocycles. The molecule has 64 valence electrons. The lowest BCUT2D eigenvalue weighted by Gasteiger charge is -2.10. The number of hydrogen-bond donors (Lipinski definition) is 1. The number of rotatable bonds is 1. The van der Waals surface area contributed by atoms with Crippen LogP contribution in [0.25, 0.3) is 0 Å². The van der Waals surface area contributed by atoms with Crippen LogP contribution in [0.5, 0.6) is 0 Å². The lowest BCUT2D eigenvalue weighted by molar-refractivity contribution is 0.102. The minimum atomic E-state index is 0.116. The van der Waals surface area contributed by atoms with Crippen LogP contribution in [0.3, 0.4) is 0 Å². The smallest absolute Gasteiger partial charge is 0.134 e. The Labute approximate surface area is 72.5 Å². The van der Waals surface area contributed by atoms with Crippen LogP contribution in [-0.4, -0.2) is 13.2 Å². The van der Waals surface area contributed by atoms with Crippen LogP contribution in [0.4, 0.5) is 0 Å². The lowest BCUT2D eigenvalue weighted by atomic mass is 10.1. The van der Waals surface area contributed by atoms with Gasteiger partial charge < -0.3 is 4.74 Å². The maximum Gasteiger partial charge on any atom is 0.134 e. The monoisotopic (exact) mass is 163 g/mol. The molecule has 1 heterocycles. The molecule has 0 radical (unpaired) electrons. The van der Waals surface area contributed by atoms with Gasteiger partial charge in [-0.1, -0.05) is 29.8 Å². The summed E-state index contributed by atoms with van der Waals surface area (Å²) in [5, 5.41) is 3.28. The van der Waals surface area contributed by atoms with Crippen LogP contribution >= 0.6 is 0 Å². The summed E-state index contributed by atoms with van der Waals surface area (Å²) in [6.45, 7) is 3.87. The van der Waals surface area contributed by atoms with Crippen molar-refractivity contribution in [3.05, 3.63) is 35.4 Å². The zero-order valence-corrected chi connectivity index (χ0v) is 7.21. The highest BCUT2D eigenvalue weighted by Gasteiger charge is 2.15. The average molecular weight is 163 g/mol. The summed E-state index contributed by atoms with van der Waals surface area (Å²) in [5.74, 6) is 0. The third-order valence-electron chi connectivity index (χ3n) is 2.06. The maximum absolute atomic E-state index is 5.48. The number of nitrogens with one attached hydrogen (secondary N) is 1. The number of aryl methyl sites for hydroxylation is 1. The summed E-state index contributed by atoms with van der Waals surface area (Å²) < 4.78 is 5.48. The van der Waals surface area contributed by atoms with Gasteiger partial charge in [0.15, 0.2) is 0 Å². The largest absolute Gasteiger partial charge is 0.358 e. The number of benzene rings is 1. The van der Waals surface area contributed by atoms with Crippen LogP contribution < -0.4 is 5.32 Å². The Morgan fingerprint density at radius 3 is 3.08 bits per heavy atom. The fraction of sp³-hybridized carbons (Fsp3) is 0.400. The van der Waals surface area contributed by atoms with Crippen LogP contribution in [0, 0.1) is 6.92 Å². The molecule has 2 nitrogen and oxygen atoms in total. The standard InChI is InChI=1S/C10H13NO/c1-8-3-2-4-9(7-8)10-11-5-6-12-10/h2-4,7,10-11H,5-6H2,1H3. The second-order valence-electron chi connectivity index (χ2n) is 3.12. The molecule has 12 heavy (non-hydrogen) atoms. The van der Waals surface area contributed by atoms with E-state index in [1.165, 1.54) is 11.1 Å². The number of ether oxygens (including phenoxy) is 1. The normalized spacial score (nSPS) is 22.9. The minimum absolute atomic E-state index is 0.116. The van der Waals surface area contributed by atoms with E-state index in [0.717, 1.165) is 13.2 Å². The predicted molar refractivity (Wildman–Crippen MR) is 47.9 cm³/mol. The Balaban J connectivity index is 2.21. The molecular weight excluding hydrogens is 150 g/mol. The summed E-state index contributed by atoms with van der Waals surface area (Å²) >= 11 is 0. The van der Waals surface area contributed by atoms with Gasteiger partial charge in [0.1, 0.15) is 6.23 Å². The molecule has 0 bridgehead atoms. The van der Waals surface area contributed by atoms with Gasteiger partial charge in [-0.05, 0) is 12.5 Å². The van der Waals surface area contributed by atoms with Crippen molar-refractivity contribution >= 4 is 0 Å². The van der Waals surface area contributed by atoms with Gasteiger partial charge >= 0.3 is 0 Å². The van der Waals surface area contributed by atoms with Crippen molar-refractivity contribution in [2.75, 3.05) is 13.2 Å². The Morgan fingerprint density at radius 1 is 1.50 bits per heavy atom. The topological polar surface area (TPSA) is 21.3 Å². The highest BCUT2D eigenvalue weighted by Crippen LogP contribution is 2.18. The quantitative estimate of drug-likeness (QED) is 0.679. The molecule has 1 aromatic rings. The summed E-state index contributed by atoms with van der Waals surface area (Å²) in [7, 11) is 0. The van der Waals surface area contributed by atoms with Gasteiger partial charge in [-0.15, -0.1) is 0 Å². The Bertz CT molecular complexity index is 266. The van der Waals surface area contributed by atoms with Gasteiger partial charge in [0.25, 0.3) is 0 Å². The van der Waals surface area contributed by atoms with E-state index in [-0.39, 0.29) is 6.23 Å². The van der Waals surface area contributed by atoms with E-state index in [2.05, 4.69) is 36.5 Å². The first kappa shape index (κ1) is 7.77. The third kappa shape index (κ3) is 1.49. The van der Waals surface area contributed by atoms with E-state index in [1.807, 2.05) is 0 Å². The molecule has 0 amide bonds. The fourth-order valence-electron chi connectivity index (χ4n) is 1.47. The number of hydrogen-bond acceptors (Lipinski definition) is 2. The lowest BCUT2D eigenvalue weighted by Crippen LogP contribution is -2.13. The maximum atomic E-state index is 5.48. The van der Waals surface area contributed by atoms with Gasteiger partial charge in [0.05, 0.1) is 6.61 Å². The van der Waals surface area contributed by atoms with Crippen molar-refractivity contribution in [2.45, 2.75) is 13.2 Å². The minimum Gasteiger partial charge on any atom is -0.358 e. The van der Waals surface area contributed by atoms with E-state index in [9.17, 15) is 0 Å². The zero-order valence-electron chi connectivity index (χ0n) is 7.21. The second kappa shape index (κ2) is 3.25. The highest BCUT2D eigenvalue weighted by atomic mass is 16.5. The first-order valence-electron chi connectivity index (χ1n) is 4.28. The molecule has 2 heteroatoms. The van der Waals surface area contributed by atoms with Crippen LogP contribution in [0.15, 0.2) is 24.3 Å². The average Bonchev–Trinajstić information content (AvgIpc) is 2.56. The Hall–Kier alpha value is -0.860. The molecule has 1 N–H and O–H groups in total. The van der Waals surface area contributed by atoms with E-state index < -0.39 is 0 Å². The molecule has 1 aromatic carbocycles. The van der Waals surface area contributed by atoms with E-state index in [4.69, 9.17) is 4.74 Å². The SMILES string of the molecule is Cc1cccc(C2NCCO2)c1. The molecule has 2 rings (SSSR count). The zero-order chi connectivity index (χ0) is 8.39. The molecule has 1 aliphatic heterocycles. The van der Waals surface area contributed by atoms with E-state index in [0.29, 0.717) is 0 Å². The second-order valence-corrected chi connectivity index (χ2v) is 3.12. The van der Waals surface area contributed by atoms with E-state index >= 15 is 0 Å². The Morgan fingerprint density at radius 2 is 2.42 bits per heavy atom.